The number of likely N-dealkylation sites (N-methyl/N-ethyl adjacent to an activating group) is 3. The summed E-state index contributed by atoms with van der Waals surface area (Å²) in [5.74, 6) is 0. The van der Waals surface area contributed by atoms with Gasteiger partial charge in [-0.2, -0.15) is 0 Å². The normalized spacial score (nSPS) is 31.7. The first-order valence-electron chi connectivity index (χ1n) is 5.78. The molecule has 1 aliphatic rings. The summed E-state index contributed by atoms with van der Waals surface area (Å²) in [5.41, 5.74) is 0. The van der Waals surface area contributed by atoms with Gasteiger partial charge in [-0.05, 0) is 40.5 Å². The van der Waals surface area contributed by atoms with Crippen molar-refractivity contribution in [2.75, 3.05) is 40.3 Å². The van der Waals surface area contributed by atoms with E-state index in [0.29, 0.717) is 12.1 Å². The topological polar surface area (TPSA) is 18.5 Å². The van der Waals surface area contributed by atoms with Crippen molar-refractivity contribution in [3.05, 3.63) is 0 Å². The molecule has 3 nitrogen and oxygen atoms in total. The molecule has 0 aromatic rings. The van der Waals surface area contributed by atoms with Crippen LogP contribution in [-0.4, -0.2) is 62.2 Å². The third kappa shape index (κ3) is 2.94. The monoisotopic (exact) mass is 199 g/mol. The molecule has 14 heavy (non-hydrogen) atoms. The van der Waals surface area contributed by atoms with Gasteiger partial charge in [0, 0.05) is 25.2 Å². The summed E-state index contributed by atoms with van der Waals surface area (Å²) < 4.78 is 0. The first-order valence-corrected chi connectivity index (χ1v) is 5.78. The van der Waals surface area contributed by atoms with Crippen LogP contribution in [0.25, 0.3) is 0 Å². The van der Waals surface area contributed by atoms with E-state index in [2.05, 4.69) is 36.0 Å². The maximum Gasteiger partial charge on any atom is 0.0347 e. The van der Waals surface area contributed by atoms with E-state index >= 15 is 0 Å². The highest BCUT2D eigenvalue weighted by Crippen LogP contribution is 2.13. The predicted molar refractivity (Wildman–Crippen MR) is 61.7 cm³/mol. The molecule has 0 bridgehead atoms. The van der Waals surface area contributed by atoms with Crippen molar-refractivity contribution in [2.24, 2.45) is 0 Å². The Labute approximate surface area is 88.5 Å². The standard InChI is InChI=1S/C11H25N3/c1-5-14-7-6-10(2)13(4)11(9-14)8-12-3/h10-12H,5-9H2,1-4H3. The second kappa shape index (κ2) is 5.69. The minimum atomic E-state index is 0.664. The van der Waals surface area contributed by atoms with Crippen molar-refractivity contribution < 1.29 is 0 Å². The van der Waals surface area contributed by atoms with E-state index in [-0.39, 0.29) is 0 Å². The molecule has 2 unspecified atom stereocenters. The summed E-state index contributed by atoms with van der Waals surface area (Å²) in [6.45, 7) is 9.33. The smallest absolute Gasteiger partial charge is 0.0347 e. The summed E-state index contributed by atoms with van der Waals surface area (Å²) in [6, 6.07) is 1.38. The van der Waals surface area contributed by atoms with E-state index in [0.717, 1.165) is 6.54 Å². The summed E-state index contributed by atoms with van der Waals surface area (Å²) in [6.07, 6.45) is 1.30. The lowest BCUT2D eigenvalue weighted by Gasteiger charge is -2.31. The van der Waals surface area contributed by atoms with Crippen LogP contribution in [0.3, 0.4) is 0 Å². The molecule has 0 saturated carbocycles. The Morgan fingerprint density at radius 2 is 2.14 bits per heavy atom. The van der Waals surface area contributed by atoms with Gasteiger partial charge in [-0.25, -0.2) is 0 Å². The zero-order valence-electron chi connectivity index (χ0n) is 10.1. The van der Waals surface area contributed by atoms with E-state index in [9.17, 15) is 0 Å². The molecule has 0 amide bonds. The number of nitrogens with zero attached hydrogens (tertiary/aromatic N) is 2. The molecule has 0 aromatic heterocycles. The van der Waals surface area contributed by atoms with E-state index in [4.69, 9.17) is 0 Å². The van der Waals surface area contributed by atoms with Crippen molar-refractivity contribution in [3.63, 3.8) is 0 Å². The lowest BCUT2D eigenvalue weighted by molar-refractivity contribution is 0.176. The van der Waals surface area contributed by atoms with Gasteiger partial charge in [-0.1, -0.05) is 6.92 Å². The maximum atomic E-state index is 3.29. The molecule has 0 spiro atoms. The minimum Gasteiger partial charge on any atom is -0.318 e. The van der Waals surface area contributed by atoms with Crippen LogP contribution < -0.4 is 5.32 Å². The van der Waals surface area contributed by atoms with Crippen LogP contribution in [0.1, 0.15) is 20.3 Å². The lowest BCUT2D eigenvalue weighted by Crippen LogP contribution is -2.46. The lowest BCUT2D eigenvalue weighted by atomic mass is 10.2. The molecule has 1 rings (SSSR count). The summed E-state index contributed by atoms with van der Waals surface area (Å²) >= 11 is 0. The van der Waals surface area contributed by atoms with Gasteiger partial charge in [0.2, 0.25) is 0 Å². The second-order valence-electron chi connectivity index (χ2n) is 4.41. The second-order valence-corrected chi connectivity index (χ2v) is 4.41. The summed E-state index contributed by atoms with van der Waals surface area (Å²) in [5, 5.41) is 3.29. The summed E-state index contributed by atoms with van der Waals surface area (Å²) in [7, 11) is 4.30. The SMILES string of the molecule is CCN1CCC(C)N(C)C(CNC)C1. The number of nitrogens with one attached hydrogen (secondary N) is 1. The number of hydrogen-bond acceptors (Lipinski definition) is 3. The molecular weight excluding hydrogens is 174 g/mol. The minimum absolute atomic E-state index is 0.664. The van der Waals surface area contributed by atoms with Crippen LogP contribution in [0.2, 0.25) is 0 Å². The molecule has 1 fully saturated rings. The summed E-state index contributed by atoms with van der Waals surface area (Å²) in [4.78, 5) is 5.08. The average Bonchev–Trinajstić information content (AvgIpc) is 2.32. The Balaban J connectivity index is 2.58. The third-order valence-corrected chi connectivity index (χ3v) is 3.49. The highest BCUT2D eigenvalue weighted by atomic mass is 15.3. The number of rotatable bonds is 3. The van der Waals surface area contributed by atoms with E-state index in [1.807, 2.05) is 7.05 Å². The quantitative estimate of drug-likeness (QED) is 0.719. The van der Waals surface area contributed by atoms with Gasteiger partial charge in [0.1, 0.15) is 0 Å². The molecule has 0 aliphatic carbocycles. The highest BCUT2D eigenvalue weighted by molar-refractivity contribution is 4.82. The van der Waals surface area contributed by atoms with Gasteiger partial charge in [0.25, 0.3) is 0 Å². The van der Waals surface area contributed by atoms with Crippen LogP contribution in [0.4, 0.5) is 0 Å². The van der Waals surface area contributed by atoms with Gasteiger partial charge in [-0.15, -0.1) is 0 Å². The van der Waals surface area contributed by atoms with Crippen molar-refractivity contribution in [1.82, 2.24) is 15.1 Å². The fourth-order valence-corrected chi connectivity index (χ4v) is 2.18. The predicted octanol–water partition coefficient (Wildman–Crippen LogP) is 0.620. The van der Waals surface area contributed by atoms with Gasteiger partial charge in [0.15, 0.2) is 0 Å². The number of hydrogen-bond donors (Lipinski definition) is 1. The average molecular weight is 199 g/mol. The molecule has 84 valence electrons. The molecular formula is C11H25N3. The van der Waals surface area contributed by atoms with Gasteiger partial charge in [-0.3, -0.25) is 4.90 Å². The molecule has 1 N–H and O–H groups in total. The first-order chi connectivity index (χ1) is 6.69. The van der Waals surface area contributed by atoms with E-state index in [1.165, 1.54) is 26.1 Å². The van der Waals surface area contributed by atoms with Gasteiger partial charge < -0.3 is 10.2 Å². The Bertz CT molecular complexity index is 161. The van der Waals surface area contributed by atoms with Gasteiger partial charge >= 0.3 is 0 Å². The molecule has 0 aromatic carbocycles. The fraction of sp³-hybridized carbons (Fsp3) is 1.00. The molecule has 1 heterocycles. The van der Waals surface area contributed by atoms with Crippen molar-refractivity contribution >= 4 is 0 Å². The first kappa shape index (κ1) is 12.0. The van der Waals surface area contributed by atoms with Crippen LogP contribution in [0.5, 0.6) is 0 Å². The van der Waals surface area contributed by atoms with Crippen LogP contribution in [-0.2, 0) is 0 Å². The van der Waals surface area contributed by atoms with Crippen molar-refractivity contribution in [3.8, 4) is 0 Å². The van der Waals surface area contributed by atoms with Crippen LogP contribution in [0.15, 0.2) is 0 Å². The van der Waals surface area contributed by atoms with Gasteiger partial charge in [0.05, 0.1) is 0 Å². The Kier molecular flexibility index (Phi) is 4.85. The molecule has 1 saturated heterocycles. The molecule has 2 atom stereocenters. The maximum absolute atomic E-state index is 3.29. The van der Waals surface area contributed by atoms with Crippen LogP contribution in [0, 0.1) is 0 Å². The Morgan fingerprint density at radius 3 is 2.71 bits per heavy atom. The van der Waals surface area contributed by atoms with E-state index < -0.39 is 0 Å². The Hall–Kier alpha value is -0.120. The Morgan fingerprint density at radius 1 is 1.43 bits per heavy atom. The fourth-order valence-electron chi connectivity index (χ4n) is 2.18. The molecule has 3 heteroatoms. The molecule has 0 radical (unpaired) electrons. The van der Waals surface area contributed by atoms with Crippen molar-refractivity contribution in [1.29, 1.82) is 0 Å². The third-order valence-electron chi connectivity index (χ3n) is 3.49. The zero-order valence-corrected chi connectivity index (χ0v) is 10.1. The van der Waals surface area contributed by atoms with Crippen molar-refractivity contribution in [2.45, 2.75) is 32.4 Å². The highest BCUT2D eigenvalue weighted by Gasteiger charge is 2.25. The van der Waals surface area contributed by atoms with Crippen LogP contribution >= 0.6 is 0 Å². The zero-order chi connectivity index (χ0) is 10.6. The largest absolute Gasteiger partial charge is 0.318 e. The molecule has 1 aliphatic heterocycles. The van der Waals surface area contributed by atoms with E-state index in [1.54, 1.807) is 0 Å².